The van der Waals surface area contributed by atoms with E-state index in [2.05, 4.69) is 0 Å². The maximum Gasteiger partial charge on any atom is 0.0704 e. The molecule has 0 amide bonds. The van der Waals surface area contributed by atoms with Gasteiger partial charge in [0.25, 0.3) is 0 Å². The lowest BCUT2D eigenvalue weighted by Crippen LogP contribution is -2.23. The van der Waals surface area contributed by atoms with Crippen LogP contribution in [0, 0.1) is 6.92 Å². The van der Waals surface area contributed by atoms with Crippen molar-refractivity contribution in [2.75, 3.05) is 0 Å². The average Bonchev–Trinajstić information content (AvgIpc) is 2.04. The van der Waals surface area contributed by atoms with Crippen LogP contribution in [0.4, 0.5) is 0 Å². The Kier molecular flexibility index (Phi) is 2.84. The van der Waals surface area contributed by atoms with E-state index in [-0.39, 0.29) is 6.04 Å². The molecule has 0 fully saturated rings. The number of aliphatic hydroxyl groups excluding tert-OH is 1. The molecule has 0 heterocycles. The highest BCUT2D eigenvalue weighted by Crippen LogP contribution is 2.17. The van der Waals surface area contributed by atoms with E-state index in [1.807, 2.05) is 31.2 Å². The third-order valence-corrected chi connectivity index (χ3v) is 2.07. The van der Waals surface area contributed by atoms with Gasteiger partial charge in [-0.05, 0) is 25.0 Å². The minimum absolute atomic E-state index is 0.272. The van der Waals surface area contributed by atoms with E-state index < -0.39 is 6.10 Å². The summed E-state index contributed by atoms with van der Waals surface area (Å²) in [5.41, 5.74) is 7.94. The van der Waals surface area contributed by atoms with Crippen molar-refractivity contribution in [2.24, 2.45) is 5.73 Å². The van der Waals surface area contributed by atoms with E-state index in [9.17, 15) is 5.11 Å². The molecule has 66 valence electrons. The Hall–Kier alpha value is -0.860. The number of hydrogen-bond acceptors (Lipinski definition) is 2. The molecule has 0 unspecified atom stereocenters. The molecule has 0 spiro atoms. The van der Waals surface area contributed by atoms with Gasteiger partial charge in [-0.1, -0.05) is 24.3 Å². The Balaban J connectivity index is 2.94. The second-order valence-electron chi connectivity index (χ2n) is 3.12. The van der Waals surface area contributed by atoms with Crippen LogP contribution in [0.1, 0.15) is 24.1 Å². The molecule has 2 atom stereocenters. The average molecular weight is 165 g/mol. The fourth-order valence-corrected chi connectivity index (χ4v) is 1.22. The summed E-state index contributed by atoms with van der Waals surface area (Å²) in [6.07, 6.45) is -0.494. The number of benzene rings is 1. The van der Waals surface area contributed by atoms with Crippen LogP contribution in [0.15, 0.2) is 24.3 Å². The topological polar surface area (TPSA) is 46.2 Å². The zero-order chi connectivity index (χ0) is 9.14. The van der Waals surface area contributed by atoms with Crippen LogP contribution in [-0.4, -0.2) is 11.2 Å². The first kappa shape index (κ1) is 9.23. The molecular weight excluding hydrogens is 150 g/mol. The predicted molar refractivity (Wildman–Crippen MR) is 49.8 cm³/mol. The smallest absolute Gasteiger partial charge is 0.0704 e. The zero-order valence-electron chi connectivity index (χ0n) is 7.49. The Labute approximate surface area is 73.0 Å². The predicted octanol–water partition coefficient (Wildman–Crippen LogP) is 1.38. The van der Waals surface area contributed by atoms with Crippen LogP contribution >= 0.6 is 0 Å². The molecule has 2 heteroatoms. The summed E-state index contributed by atoms with van der Waals surface area (Å²) in [5, 5.41) is 9.27. The Morgan fingerprint density at radius 1 is 1.33 bits per heavy atom. The summed E-state index contributed by atoms with van der Waals surface area (Å²) in [6, 6.07) is 7.58. The first-order valence-electron chi connectivity index (χ1n) is 4.12. The molecule has 0 aliphatic heterocycles. The fraction of sp³-hybridized carbons (Fsp3) is 0.400. The molecule has 1 aromatic carbocycles. The van der Waals surface area contributed by atoms with Crippen LogP contribution in [-0.2, 0) is 0 Å². The number of aliphatic hydroxyl groups is 1. The lowest BCUT2D eigenvalue weighted by Gasteiger charge is -2.16. The maximum atomic E-state index is 9.27. The van der Waals surface area contributed by atoms with Gasteiger partial charge in [0.2, 0.25) is 0 Å². The van der Waals surface area contributed by atoms with E-state index in [1.165, 1.54) is 0 Å². The van der Waals surface area contributed by atoms with Gasteiger partial charge in [0, 0.05) is 0 Å². The molecule has 1 rings (SSSR count). The van der Waals surface area contributed by atoms with Gasteiger partial charge < -0.3 is 10.8 Å². The molecule has 0 radical (unpaired) electrons. The van der Waals surface area contributed by atoms with E-state index in [4.69, 9.17) is 5.73 Å². The van der Waals surface area contributed by atoms with E-state index in [0.717, 1.165) is 11.1 Å². The van der Waals surface area contributed by atoms with Gasteiger partial charge in [-0.3, -0.25) is 0 Å². The Bertz CT molecular complexity index is 258. The zero-order valence-corrected chi connectivity index (χ0v) is 7.49. The number of nitrogens with two attached hydrogens (primary N) is 1. The van der Waals surface area contributed by atoms with Gasteiger partial charge in [0.1, 0.15) is 0 Å². The first-order chi connectivity index (χ1) is 5.63. The van der Waals surface area contributed by atoms with Crippen molar-refractivity contribution >= 4 is 0 Å². The van der Waals surface area contributed by atoms with Crippen molar-refractivity contribution in [1.29, 1.82) is 0 Å². The van der Waals surface area contributed by atoms with Gasteiger partial charge in [-0.25, -0.2) is 0 Å². The van der Waals surface area contributed by atoms with Gasteiger partial charge in [-0.2, -0.15) is 0 Å². The minimum atomic E-state index is -0.494. The lowest BCUT2D eigenvalue weighted by atomic mass is 9.99. The van der Waals surface area contributed by atoms with Crippen LogP contribution in [0.25, 0.3) is 0 Å². The molecule has 0 aliphatic carbocycles. The van der Waals surface area contributed by atoms with Crippen molar-refractivity contribution < 1.29 is 5.11 Å². The van der Waals surface area contributed by atoms with E-state index in [0.29, 0.717) is 0 Å². The molecular formula is C10H15NO. The summed E-state index contributed by atoms with van der Waals surface area (Å²) in [5.74, 6) is 0. The van der Waals surface area contributed by atoms with Gasteiger partial charge in [-0.15, -0.1) is 0 Å². The molecule has 2 nitrogen and oxygen atoms in total. The van der Waals surface area contributed by atoms with Crippen molar-refractivity contribution in [2.45, 2.75) is 26.0 Å². The van der Waals surface area contributed by atoms with Crippen molar-refractivity contribution in [3.63, 3.8) is 0 Å². The van der Waals surface area contributed by atoms with Crippen LogP contribution in [0.2, 0.25) is 0 Å². The molecule has 12 heavy (non-hydrogen) atoms. The summed E-state index contributed by atoms with van der Waals surface area (Å²) in [6.45, 7) is 3.70. The summed E-state index contributed by atoms with van der Waals surface area (Å²) in [7, 11) is 0. The minimum Gasteiger partial charge on any atom is -0.391 e. The lowest BCUT2D eigenvalue weighted by molar-refractivity contribution is 0.164. The molecule has 0 aliphatic rings. The van der Waals surface area contributed by atoms with Crippen molar-refractivity contribution in [1.82, 2.24) is 0 Å². The molecule has 0 saturated carbocycles. The van der Waals surface area contributed by atoms with Gasteiger partial charge in [0.15, 0.2) is 0 Å². The SMILES string of the molecule is Cc1ccccc1[C@H](N)[C@@H](C)O. The normalized spacial score (nSPS) is 15.7. The monoisotopic (exact) mass is 165 g/mol. The number of aryl methyl sites for hydroxylation is 1. The van der Waals surface area contributed by atoms with Crippen molar-refractivity contribution in [3.05, 3.63) is 35.4 Å². The molecule has 0 aromatic heterocycles. The van der Waals surface area contributed by atoms with Crippen LogP contribution < -0.4 is 5.73 Å². The number of hydrogen-bond donors (Lipinski definition) is 2. The molecule has 0 bridgehead atoms. The van der Waals surface area contributed by atoms with Crippen LogP contribution in [0.5, 0.6) is 0 Å². The Morgan fingerprint density at radius 2 is 1.92 bits per heavy atom. The summed E-state index contributed by atoms with van der Waals surface area (Å²) in [4.78, 5) is 0. The number of rotatable bonds is 2. The highest BCUT2D eigenvalue weighted by Gasteiger charge is 2.12. The molecule has 1 aromatic rings. The highest BCUT2D eigenvalue weighted by atomic mass is 16.3. The second kappa shape index (κ2) is 3.70. The third kappa shape index (κ3) is 1.84. The van der Waals surface area contributed by atoms with Gasteiger partial charge >= 0.3 is 0 Å². The molecule has 0 saturated heterocycles. The Morgan fingerprint density at radius 3 is 2.42 bits per heavy atom. The second-order valence-corrected chi connectivity index (χ2v) is 3.12. The van der Waals surface area contributed by atoms with E-state index in [1.54, 1.807) is 6.92 Å². The van der Waals surface area contributed by atoms with Gasteiger partial charge in [0.05, 0.1) is 12.1 Å². The largest absolute Gasteiger partial charge is 0.391 e. The fourth-order valence-electron chi connectivity index (χ4n) is 1.22. The quantitative estimate of drug-likeness (QED) is 0.695. The third-order valence-electron chi connectivity index (χ3n) is 2.07. The standard InChI is InChI=1S/C10H15NO/c1-7-5-3-4-6-9(7)10(11)8(2)12/h3-6,8,10,12H,11H2,1-2H3/t8-,10-/m1/s1. The summed E-state index contributed by atoms with van der Waals surface area (Å²) >= 11 is 0. The highest BCUT2D eigenvalue weighted by molar-refractivity contribution is 5.28. The molecule has 3 N–H and O–H groups in total. The maximum absolute atomic E-state index is 9.27. The summed E-state index contributed by atoms with van der Waals surface area (Å²) < 4.78 is 0. The van der Waals surface area contributed by atoms with Crippen LogP contribution in [0.3, 0.4) is 0 Å². The first-order valence-corrected chi connectivity index (χ1v) is 4.12. The van der Waals surface area contributed by atoms with E-state index >= 15 is 0 Å². The van der Waals surface area contributed by atoms with Crippen molar-refractivity contribution in [3.8, 4) is 0 Å².